The molecule has 22 heavy (non-hydrogen) atoms. The summed E-state index contributed by atoms with van der Waals surface area (Å²) in [5.41, 5.74) is 2.57. The Kier molecular flexibility index (Phi) is 6.35. The van der Waals surface area contributed by atoms with Gasteiger partial charge in [0.15, 0.2) is 0 Å². The molecule has 0 radical (unpaired) electrons. The molecule has 0 bridgehead atoms. The fourth-order valence-electron chi connectivity index (χ4n) is 2.39. The van der Waals surface area contributed by atoms with Gasteiger partial charge in [0.1, 0.15) is 5.78 Å². The van der Waals surface area contributed by atoms with E-state index in [0.717, 1.165) is 19.5 Å². The number of carbonyl (C=O) groups excluding carboxylic acids is 1. The van der Waals surface area contributed by atoms with Gasteiger partial charge in [0.2, 0.25) is 0 Å². The average Bonchev–Trinajstić information content (AvgIpc) is 2.54. The topological polar surface area (TPSA) is 20.3 Å². The molecule has 0 aliphatic heterocycles. The summed E-state index contributed by atoms with van der Waals surface area (Å²) in [6.07, 6.45) is 0.971. The number of ketones is 1. The maximum Gasteiger partial charge on any atom is 0.149 e. The fourth-order valence-corrected chi connectivity index (χ4v) is 2.39. The first kappa shape index (κ1) is 16.4. The smallest absolute Gasteiger partial charge is 0.149 e. The molecule has 0 heterocycles. The summed E-state index contributed by atoms with van der Waals surface area (Å²) in [6.45, 7) is 6.20. The fraction of sp³-hybridized carbons (Fsp3) is 0.350. The molecule has 0 spiro atoms. The molecule has 116 valence electrons. The van der Waals surface area contributed by atoms with Gasteiger partial charge in [-0.1, -0.05) is 74.5 Å². The summed E-state index contributed by atoms with van der Waals surface area (Å²) in [6, 6.07) is 20.8. The van der Waals surface area contributed by atoms with Gasteiger partial charge in [-0.15, -0.1) is 0 Å². The number of rotatable bonds is 8. The number of benzene rings is 2. The average molecular weight is 295 g/mol. The maximum absolute atomic E-state index is 12.1. The monoisotopic (exact) mass is 295 g/mol. The molecule has 0 unspecified atom stereocenters. The molecule has 0 saturated carbocycles. The molecular weight excluding hydrogens is 270 g/mol. The molecular formula is C20H25NO. The van der Waals surface area contributed by atoms with Gasteiger partial charge in [0.25, 0.3) is 0 Å². The van der Waals surface area contributed by atoms with Crippen molar-refractivity contribution in [2.24, 2.45) is 5.92 Å². The van der Waals surface area contributed by atoms with E-state index in [9.17, 15) is 4.79 Å². The minimum atomic E-state index is 0.0926. The molecule has 0 saturated heterocycles. The van der Waals surface area contributed by atoms with Crippen LogP contribution in [0.25, 0.3) is 0 Å². The first-order valence-corrected chi connectivity index (χ1v) is 7.98. The van der Waals surface area contributed by atoms with Crippen LogP contribution in [0.15, 0.2) is 60.7 Å². The molecule has 0 atom stereocenters. The number of Topliss-reactive ketones (excluding diaryl/α,β-unsaturated/α-hetero) is 1. The summed E-state index contributed by atoms with van der Waals surface area (Å²) >= 11 is 0. The highest BCUT2D eigenvalue weighted by Gasteiger charge is 2.14. The summed E-state index contributed by atoms with van der Waals surface area (Å²) < 4.78 is 0. The Bertz CT molecular complexity index is 563. The molecule has 2 rings (SSSR count). The molecule has 0 N–H and O–H groups in total. The molecule has 2 nitrogen and oxygen atoms in total. The van der Waals surface area contributed by atoms with Crippen LogP contribution in [0.2, 0.25) is 0 Å². The lowest BCUT2D eigenvalue weighted by Crippen LogP contribution is -2.33. The number of nitrogens with zero attached hydrogens (tertiary/aromatic N) is 1. The Morgan fingerprint density at radius 2 is 1.45 bits per heavy atom. The predicted molar refractivity (Wildman–Crippen MR) is 91.7 cm³/mol. The van der Waals surface area contributed by atoms with Crippen LogP contribution in [0, 0.1) is 5.92 Å². The van der Waals surface area contributed by atoms with Crippen molar-refractivity contribution in [2.45, 2.75) is 26.8 Å². The number of hydrogen-bond donors (Lipinski definition) is 0. The van der Waals surface area contributed by atoms with Crippen LogP contribution in [0.1, 0.15) is 25.0 Å². The molecule has 2 aromatic carbocycles. The van der Waals surface area contributed by atoms with Gasteiger partial charge in [-0.3, -0.25) is 9.69 Å². The standard InChI is InChI=1S/C20H25NO/c1-17(2)20(22)16-21(15-19-11-7-4-8-12-19)14-13-18-9-5-3-6-10-18/h3-12,17H,13-16H2,1-2H3. The van der Waals surface area contributed by atoms with Crippen LogP contribution in [0.5, 0.6) is 0 Å². The highest BCUT2D eigenvalue weighted by molar-refractivity contribution is 5.82. The highest BCUT2D eigenvalue weighted by Crippen LogP contribution is 2.08. The van der Waals surface area contributed by atoms with E-state index in [-0.39, 0.29) is 5.92 Å². The second kappa shape index (κ2) is 8.50. The van der Waals surface area contributed by atoms with Crippen LogP contribution in [0.4, 0.5) is 0 Å². The predicted octanol–water partition coefficient (Wildman–Crippen LogP) is 3.96. The summed E-state index contributed by atoms with van der Waals surface area (Å²) in [4.78, 5) is 14.4. The zero-order chi connectivity index (χ0) is 15.8. The van der Waals surface area contributed by atoms with Crippen molar-refractivity contribution in [3.05, 3.63) is 71.8 Å². The Morgan fingerprint density at radius 1 is 0.909 bits per heavy atom. The summed E-state index contributed by atoms with van der Waals surface area (Å²) in [7, 11) is 0. The van der Waals surface area contributed by atoms with Crippen LogP contribution < -0.4 is 0 Å². The lowest BCUT2D eigenvalue weighted by atomic mass is 10.1. The van der Waals surface area contributed by atoms with Crippen LogP contribution in [-0.2, 0) is 17.8 Å². The van der Waals surface area contributed by atoms with E-state index in [1.165, 1.54) is 11.1 Å². The minimum Gasteiger partial charge on any atom is -0.298 e. The van der Waals surface area contributed by atoms with Gasteiger partial charge in [0, 0.05) is 19.0 Å². The van der Waals surface area contributed by atoms with Crippen LogP contribution in [0.3, 0.4) is 0 Å². The zero-order valence-electron chi connectivity index (χ0n) is 13.5. The highest BCUT2D eigenvalue weighted by atomic mass is 16.1. The molecule has 2 aromatic rings. The van der Waals surface area contributed by atoms with E-state index in [0.29, 0.717) is 12.3 Å². The van der Waals surface area contributed by atoms with E-state index in [4.69, 9.17) is 0 Å². The van der Waals surface area contributed by atoms with Crippen molar-refractivity contribution >= 4 is 5.78 Å². The van der Waals surface area contributed by atoms with Gasteiger partial charge in [0.05, 0.1) is 6.54 Å². The maximum atomic E-state index is 12.1. The summed E-state index contributed by atoms with van der Waals surface area (Å²) in [5, 5.41) is 0. The van der Waals surface area contributed by atoms with Crippen molar-refractivity contribution in [3.63, 3.8) is 0 Å². The van der Waals surface area contributed by atoms with E-state index in [1.807, 2.05) is 26.0 Å². The van der Waals surface area contributed by atoms with Crippen molar-refractivity contribution in [2.75, 3.05) is 13.1 Å². The molecule has 0 aliphatic carbocycles. The van der Waals surface area contributed by atoms with Gasteiger partial charge in [-0.2, -0.15) is 0 Å². The quantitative estimate of drug-likeness (QED) is 0.735. The first-order valence-electron chi connectivity index (χ1n) is 7.98. The van der Waals surface area contributed by atoms with Gasteiger partial charge in [-0.05, 0) is 17.5 Å². The van der Waals surface area contributed by atoms with Gasteiger partial charge >= 0.3 is 0 Å². The third kappa shape index (κ3) is 5.45. The second-order valence-corrected chi connectivity index (χ2v) is 6.05. The minimum absolute atomic E-state index is 0.0926. The second-order valence-electron chi connectivity index (χ2n) is 6.05. The lowest BCUT2D eigenvalue weighted by molar-refractivity contribution is -0.123. The third-order valence-corrected chi connectivity index (χ3v) is 3.83. The molecule has 2 heteroatoms. The third-order valence-electron chi connectivity index (χ3n) is 3.83. The van der Waals surface area contributed by atoms with Crippen LogP contribution >= 0.6 is 0 Å². The molecule has 0 aliphatic rings. The van der Waals surface area contributed by atoms with Crippen molar-refractivity contribution in [1.29, 1.82) is 0 Å². The summed E-state index contributed by atoms with van der Waals surface area (Å²) in [5.74, 6) is 0.402. The lowest BCUT2D eigenvalue weighted by Gasteiger charge is -2.22. The van der Waals surface area contributed by atoms with Crippen molar-refractivity contribution in [3.8, 4) is 0 Å². The first-order chi connectivity index (χ1) is 10.6. The zero-order valence-corrected chi connectivity index (χ0v) is 13.5. The van der Waals surface area contributed by atoms with E-state index in [2.05, 4.69) is 53.4 Å². The van der Waals surface area contributed by atoms with Crippen molar-refractivity contribution in [1.82, 2.24) is 4.90 Å². The van der Waals surface area contributed by atoms with E-state index < -0.39 is 0 Å². The Morgan fingerprint density at radius 3 is 2.00 bits per heavy atom. The Labute approximate surface area is 133 Å². The molecule has 0 aromatic heterocycles. The Balaban J connectivity index is 1.99. The number of hydrogen-bond acceptors (Lipinski definition) is 2. The van der Waals surface area contributed by atoms with E-state index >= 15 is 0 Å². The number of carbonyl (C=O) groups is 1. The van der Waals surface area contributed by atoms with Crippen LogP contribution in [-0.4, -0.2) is 23.8 Å². The Hall–Kier alpha value is -1.93. The molecule has 0 amide bonds. The SMILES string of the molecule is CC(C)C(=O)CN(CCc1ccccc1)Cc1ccccc1. The van der Waals surface area contributed by atoms with Gasteiger partial charge < -0.3 is 0 Å². The normalized spacial score (nSPS) is 11.1. The van der Waals surface area contributed by atoms with E-state index in [1.54, 1.807) is 0 Å². The largest absolute Gasteiger partial charge is 0.298 e. The molecule has 0 fully saturated rings. The van der Waals surface area contributed by atoms with Gasteiger partial charge in [-0.25, -0.2) is 0 Å². The van der Waals surface area contributed by atoms with Crippen molar-refractivity contribution < 1.29 is 4.79 Å².